The average molecular weight is 416 g/mol. The minimum absolute atomic E-state index is 0.00271. The van der Waals surface area contributed by atoms with Crippen molar-refractivity contribution in [2.24, 2.45) is 0 Å². The zero-order chi connectivity index (χ0) is 20.6. The van der Waals surface area contributed by atoms with Crippen LogP contribution >= 0.6 is 11.8 Å². The van der Waals surface area contributed by atoms with E-state index in [1.54, 1.807) is 42.7 Å². The second-order valence-corrected chi connectivity index (χ2v) is 6.70. The van der Waals surface area contributed by atoms with Crippen molar-refractivity contribution in [3.63, 3.8) is 0 Å². The van der Waals surface area contributed by atoms with Crippen molar-refractivity contribution in [1.82, 2.24) is 14.8 Å². The van der Waals surface area contributed by atoms with Crippen LogP contribution in [0.4, 0.5) is 5.69 Å². The van der Waals surface area contributed by atoms with Crippen LogP contribution < -0.4 is 10.1 Å². The first-order valence-corrected chi connectivity index (χ1v) is 9.78. The molecular formula is C19H20N4O5S. The summed E-state index contributed by atoms with van der Waals surface area (Å²) < 4.78 is 17.3. The molecule has 10 heteroatoms. The number of carbonyl (C=O) groups excluding carboxylic acids is 2. The van der Waals surface area contributed by atoms with Gasteiger partial charge in [-0.15, -0.1) is 10.2 Å². The molecule has 29 heavy (non-hydrogen) atoms. The Labute approximate surface area is 171 Å². The van der Waals surface area contributed by atoms with E-state index in [1.807, 2.05) is 11.5 Å². The third-order valence-corrected chi connectivity index (χ3v) is 4.75. The van der Waals surface area contributed by atoms with Gasteiger partial charge < -0.3 is 19.2 Å². The molecule has 0 saturated carbocycles. The fourth-order valence-corrected chi connectivity index (χ4v) is 3.28. The molecule has 0 aliphatic carbocycles. The van der Waals surface area contributed by atoms with Crippen LogP contribution in [0.25, 0.3) is 11.6 Å². The van der Waals surface area contributed by atoms with E-state index in [0.717, 1.165) is 0 Å². The number of benzene rings is 1. The number of amides is 1. The summed E-state index contributed by atoms with van der Waals surface area (Å²) in [6, 6.07) is 10.5. The molecule has 2 heterocycles. The summed E-state index contributed by atoms with van der Waals surface area (Å²) in [5.41, 5.74) is 0.557. The molecule has 1 N–H and O–H groups in total. The van der Waals surface area contributed by atoms with Crippen LogP contribution in [0.5, 0.6) is 5.75 Å². The first-order chi connectivity index (χ1) is 14.1. The molecule has 0 fully saturated rings. The normalized spacial score (nSPS) is 10.6. The summed E-state index contributed by atoms with van der Waals surface area (Å²) >= 11 is 1.18. The van der Waals surface area contributed by atoms with Gasteiger partial charge in [0.2, 0.25) is 0 Å². The number of nitrogens with one attached hydrogen (secondary N) is 1. The van der Waals surface area contributed by atoms with E-state index in [-0.39, 0.29) is 12.4 Å². The molecule has 152 valence electrons. The zero-order valence-corrected chi connectivity index (χ0v) is 16.8. The maximum atomic E-state index is 12.0. The first-order valence-electron chi connectivity index (χ1n) is 8.80. The standard InChI is InChI=1S/C19H20N4O5S/c1-3-23-18(15-8-5-9-27-15)21-22-19(23)29-12-17(25)28-11-16(24)20-13-6-4-7-14(10-13)26-2/h4-10H,3,11-12H2,1-2H3,(H,20,24). The molecule has 0 unspecified atom stereocenters. The van der Waals surface area contributed by atoms with Crippen LogP contribution in [-0.4, -0.2) is 46.1 Å². The fraction of sp³-hybridized carbons (Fsp3) is 0.263. The van der Waals surface area contributed by atoms with Gasteiger partial charge in [-0.05, 0) is 31.2 Å². The van der Waals surface area contributed by atoms with Crippen LogP contribution in [0, 0.1) is 0 Å². The Morgan fingerprint density at radius 1 is 1.24 bits per heavy atom. The summed E-state index contributed by atoms with van der Waals surface area (Å²) in [6.07, 6.45) is 1.56. The smallest absolute Gasteiger partial charge is 0.316 e. The molecule has 0 aliphatic heterocycles. The quantitative estimate of drug-likeness (QED) is 0.419. The predicted octanol–water partition coefficient (Wildman–Crippen LogP) is 2.84. The van der Waals surface area contributed by atoms with Gasteiger partial charge in [0.1, 0.15) is 5.75 Å². The maximum absolute atomic E-state index is 12.0. The Morgan fingerprint density at radius 3 is 2.83 bits per heavy atom. The number of hydrogen-bond acceptors (Lipinski definition) is 8. The lowest BCUT2D eigenvalue weighted by Crippen LogP contribution is -2.21. The lowest BCUT2D eigenvalue weighted by Gasteiger charge is -2.08. The van der Waals surface area contributed by atoms with Crippen molar-refractivity contribution in [2.75, 3.05) is 24.8 Å². The monoisotopic (exact) mass is 416 g/mol. The summed E-state index contributed by atoms with van der Waals surface area (Å²) in [6.45, 7) is 2.18. The van der Waals surface area contributed by atoms with Gasteiger partial charge in [-0.2, -0.15) is 0 Å². The van der Waals surface area contributed by atoms with Gasteiger partial charge in [0, 0.05) is 18.3 Å². The molecular weight excluding hydrogens is 396 g/mol. The van der Waals surface area contributed by atoms with Crippen molar-refractivity contribution >= 4 is 29.3 Å². The average Bonchev–Trinajstić information content (AvgIpc) is 3.40. The summed E-state index contributed by atoms with van der Waals surface area (Å²) in [7, 11) is 1.54. The Kier molecular flexibility index (Phi) is 6.90. The first kappa shape index (κ1) is 20.5. The number of ether oxygens (including phenoxy) is 2. The highest BCUT2D eigenvalue weighted by atomic mass is 32.2. The number of esters is 1. The van der Waals surface area contributed by atoms with E-state index in [4.69, 9.17) is 13.9 Å². The molecule has 0 atom stereocenters. The number of furan rings is 1. The van der Waals surface area contributed by atoms with Gasteiger partial charge in [0.15, 0.2) is 23.3 Å². The molecule has 2 aromatic heterocycles. The molecule has 0 aliphatic rings. The number of thioether (sulfide) groups is 1. The highest BCUT2D eigenvalue weighted by Crippen LogP contribution is 2.24. The van der Waals surface area contributed by atoms with Crippen LogP contribution in [0.2, 0.25) is 0 Å². The van der Waals surface area contributed by atoms with Gasteiger partial charge in [-0.1, -0.05) is 17.8 Å². The lowest BCUT2D eigenvalue weighted by atomic mass is 10.3. The minimum atomic E-state index is -0.527. The van der Waals surface area contributed by atoms with E-state index >= 15 is 0 Å². The number of hydrogen-bond donors (Lipinski definition) is 1. The molecule has 1 amide bonds. The van der Waals surface area contributed by atoms with Gasteiger partial charge in [-0.25, -0.2) is 0 Å². The Bertz CT molecular complexity index is 971. The summed E-state index contributed by atoms with van der Waals surface area (Å²) in [5.74, 6) is 0.844. The lowest BCUT2D eigenvalue weighted by molar-refractivity contribution is -0.144. The van der Waals surface area contributed by atoms with Crippen molar-refractivity contribution in [3.05, 3.63) is 42.7 Å². The molecule has 9 nitrogen and oxygen atoms in total. The highest BCUT2D eigenvalue weighted by molar-refractivity contribution is 7.99. The van der Waals surface area contributed by atoms with E-state index in [2.05, 4.69) is 15.5 Å². The number of carbonyl (C=O) groups is 2. The molecule has 3 aromatic rings. The maximum Gasteiger partial charge on any atom is 0.316 e. The number of rotatable bonds is 9. The molecule has 1 aromatic carbocycles. The Balaban J connectivity index is 1.48. The van der Waals surface area contributed by atoms with Crippen molar-refractivity contribution in [3.8, 4) is 17.3 Å². The zero-order valence-electron chi connectivity index (χ0n) is 16.0. The number of nitrogens with zero attached hydrogens (tertiary/aromatic N) is 3. The van der Waals surface area contributed by atoms with E-state index in [9.17, 15) is 9.59 Å². The third kappa shape index (κ3) is 5.38. The van der Waals surface area contributed by atoms with Crippen molar-refractivity contribution < 1.29 is 23.5 Å². The van der Waals surface area contributed by atoms with Crippen molar-refractivity contribution in [2.45, 2.75) is 18.6 Å². The van der Waals surface area contributed by atoms with Crippen LogP contribution in [0.3, 0.4) is 0 Å². The Morgan fingerprint density at radius 2 is 2.10 bits per heavy atom. The van der Waals surface area contributed by atoms with Crippen LogP contribution in [0.1, 0.15) is 6.92 Å². The highest BCUT2D eigenvalue weighted by Gasteiger charge is 2.17. The third-order valence-electron chi connectivity index (χ3n) is 3.81. The van der Waals surface area contributed by atoms with Gasteiger partial charge in [0.05, 0.1) is 19.1 Å². The number of aromatic nitrogens is 3. The fourth-order valence-electron chi connectivity index (χ4n) is 2.48. The molecule has 0 spiro atoms. The van der Waals surface area contributed by atoms with Gasteiger partial charge in [0.25, 0.3) is 5.91 Å². The Hall–Kier alpha value is -3.27. The van der Waals surface area contributed by atoms with Crippen LogP contribution in [-0.2, 0) is 20.9 Å². The number of anilines is 1. The summed E-state index contributed by atoms with van der Waals surface area (Å²) in [5, 5.41) is 11.4. The molecule has 0 radical (unpaired) electrons. The van der Waals surface area contributed by atoms with Gasteiger partial charge in [-0.3, -0.25) is 14.2 Å². The molecule has 3 rings (SSSR count). The molecule has 0 bridgehead atoms. The number of methoxy groups -OCH3 is 1. The second kappa shape index (κ2) is 9.78. The summed E-state index contributed by atoms with van der Waals surface area (Å²) in [4.78, 5) is 23.9. The predicted molar refractivity (Wildman–Crippen MR) is 107 cm³/mol. The van der Waals surface area contributed by atoms with E-state index in [1.165, 1.54) is 18.9 Å². The van der Waals surface area contributed by atoms with Crippen LogP contribution in [0.15, 0.2) is 52.2 Å². The second-order valence-electron chi connectivity index (χ2n) is 5.76. The van der Waals surface area contributed by atoms with Crippen molar-refractivity contribution in [1.29, 1.82) is 0 Å². The SMILES string of the molecule is CCn1c(SCC(=O)OCC(=O)Nc2cccc(OC)c2)nnc1-c1ccco1. The molecule has 0 saturated heterocycles. The van der Waals surface area contributed by atoms with E-state index in [0.29, 0.717) is 34.7 Å². The largest absolute Gasteiger partial charge is 0.497 e. The van der Waals surface area contributed by atoms with E-state index < -0.39 is 11.9 Å². The van der Waals surface area contributed by atoms with Gasteiger partial charge >= 0.3 is 5.97 Å². The topological polar surface area (TPSA) is 108 Å². The minimum Gasteiger partial charge on any atom is -0.497 e.